The summed E-state index contributed by atoms with van der Waals surface area (Å²) >= 11 is 1.68. The Bertz CT molecular complexity index is 1320. The van der Waals surface area contributed by atoms with Crippen LogP contribution in [0.25, 0.3) is 20.8 Å². The van der Waals surface area contributed by atoms with Gasteiger partial charge in [-0.25, -0.2) is 14.8 Å². The Morgan fingerprint density at radius 1 is 0.973 bits per heavy atom. The van der Waals surface area contributed by atoms with E-state index >= 15 is 0 Å². The molecule has 6 rings (SSSR count). The van der Waals surface area contributed by atoms with Crippen LogP contribution in [0.1, 0.15) is 83.0 Å². The van der Waals surface area contributed by atoms with Crippen LogP contribution in [0.15, 0.2) is 12.3 Å². The molecule has 0 aromatic carbocycles. The van der Waals surface area contributed by atoms with Crippen LogP contribution in [0.4, 0.5) is 16.6 Å². The highest BCUT2D eigenvalue weighted by molar-refractivity contribution is 7.21. The van der Waals surface area contributed by atoms with E-state index in [1.165, 1.54) is 12.8 Å². The van der Waals surface area contributed by atoms with Gasteiger partial charge in [0.25, 0.3) is 0 Å². The van der Waals surface area contributed by atoms with E-state index in [1.807, 2.05) is 13.1 Å². The van der Waals surface area contributed by atoms with Crippen LogP contribution < -0.4 is 21.3 Å². The molecule has 37 heavy (non-hydrogen) atoms. The molecule has 9 nitrogen and oxygen atoms in total. The number of urea groups is 1. The Morgan fingerprint density at radius 3 is 2.43 bits per heavy atom. The highest BCUT2D eigenvalue weighted by atomic mass is 32.1. The number of amides is 2. The molecule has 196 valence electrons. The van der Waals surface area contributed by atoms with E-state index < -0.39 is 0 Å². The highest BCUT2D eigenvalue weighted by Crippen LogP contribution is 2.44. The van der Waals surface area contributed by atoms with Gasteiger partial charge in [0.15, 0.2) is 0 Å². The first-order valence-electron chi connectivity index (χ1n) is 13.5. The van der Waals surface area contributed by atoms with Gasteiger partial charge in [-0.3, -0.25) is 4.98 Å². The van der Waals surface area contributed by atoms with Gasteiger partial charge in [-0.2, -0.15) is 4.98 Å². The zero-order valence-electron chi connectivity index (χ0n) is 22.0. The third kappa shape index (κ3) is 5.63. The topological polar surface area (TPSA) is 117 Å². The number of anilines is 2. The average Bonchev–Trinajstić information content (AvgIpc) is 3.73. The lowest BCUT2D eigenvalue weighted by Gasteiger charge is -2.23. The second-order valence-corrected chi connectivity index (χ2v) is 12.8. The standard InChI is InChI=1S/C27H36N8OS/c1-14-20(24-33-22-19(37-24)11-12-28-21(22)15-5-6-15)23(34-25(29-14)35-27(2,3)4)30-17-9-10-18(13-17)32-26(36)31-16-7-8-16/h11-12,15-18H,5-10,13H2,1-4H3,(H2,31,32,36)(H2,29,30,34,35). The Kier molecular flexibility index (Phi) is 6.17. The van der Waals surface area contributed by atoms with Crippen LogP contribution in [0.3, 0.4) is 0 Å². The average molecular weight is 521 g/mol. The van der Waals surface area contributed by atoms with Crippen molar-refractivity contribution < 1.29 is 4.79 Å². The minimum atomic E-state index is -0.163. The second kappa shape index (κ2) is 9.38. The van der Waals surface area contributed by atoms with Crippen LogP contribution in [-0.2, 0) is 0 Å². The lowest BCUT2D eigenvalue weighted by molar-refractivity contribution is 0.236. The Hall–Kier alpha value is -3.01. The first-order chi connectivity index (χ1) is 17.7. The Balaban J connectivity index is 1.29. The maximum atomic E-state index is 12.3. The number of carbonyl (C=O) groups excluding carboxylic acids is 1. The number of rotatable bonds is 7. The molecule has 3 aromatic heterocycles. The smallest absolute Gasteiger partial charge is 0.315 e. The van der Waals surface area contributed by atoms with Gasteiger partial charge in [0, 0.05) is 35.8 Å². The number of aryl methyl sites for hydroxylation is 1. The summed E-state index contributed by atoms with van der Waals surface area (Å²) in [5.74, 6) is 1.94. The second-order valence-electron chi connectivity index (χ2n) is 11.8. The lowest BCUT2D eigenvalue weighted by atomic mass is 10.1. The normalized spacial score (nSPS) is 21.7. The predicted molar refractivity (Wildman–Crippen MR) is 148 cm³/mol. The number of thiazole rings is 1. The molecule has 0 saturated heterocycles. The van der Waals surface area contributed by atoms with Crippen LogP contribution >= 0.6 is 11.3 Å². The van der Waals surface area contributed by atoms with Crippen molar-refractivity contribution in [1.82, 2.24) is 30.6 Å². The van der Waals surface area contributed by atoms with Crippen LogP contribution in [0.2, 0.25) is 0 Å². The number of hydrogen-bond acceptors (Lipinski definition) is 8. The van der Waals surface area contributed by atoms with Crippen molar-refractivity contribution in [3.8, 4) is 10.6 Å². The van der Waals surface area contributed by atoms with E-state index in [2.05, 4.69) is 53.1 Å². The van der Waals surface area contributed by atoms with E-state index in [4.69, 9.17) is 15.0 Å². The maximum Gasteiger partial charge on any atom is 0.315 e. The monoisotopic (exact) mass is 520 g/mol. The fourth-order valence-corrected chi connectivity index (χ4v) is 6.11. The number of carbonyl (C=O) groups is 1. The van der Waals surface area contributed by atoms with Gasteiger partial charge >= 0.3 is 6.03 Å². The zero-order valence-corrected chi connectivity index (χ0v) is 22.8. The molecule has 0 aliphatic heterocycles. The largest absolute Gasteiger partial charge is 0.366 e. The molecule has 0 spiro atoms. The van der Waals surface area contributed by atoms with E-state index in [0.717, 1.165) is 70.1 Å². The number of nitrogens with zero attached hydrogens (tertiary/aromatic N) is 4. The number of aromatic nitrogens is 4. The SMILES string of the molecule is Cc1nc(NC(C)(C)C)nc(NC2CCC(NC(=O)NC3CC3)C2)c1-c1nc2c(C3CC3)nccc2s1. The van der Waals surface area contributed by atoms with E-state index in [-0.39, 0.29) is 23.7 Å². The molecule has 3 aliphatic carbocycles. The van der Waals surface area contributed by atoms with Gasteiger partial charge < -0.3 is 21.3 Å². The summed E-state index contributed by atoms with van der Waals surface area (Å²) in [6.07, 6.45) is 9.24. The van der Waals surface area contributed by atoms with Crippen molar-refractivity contribution in [2.75, 3.05) is 10.6 Å². The zero-order chi connectivity index (χ0) is 25.7. The van der Waals surface area contributed by atoms with Gasteiger partial charge in [-0.1, -0.05) is 0 Å². The number of hydrogen-bond donors (Lipinski definition) is 4. The molecule has 10 heteroatoms. The molecule has 3 fully saturated rings. The predicted octanol–water partition coefficient (Wildman–Crippen LogP) is 5.34. The molecule has 0 bridgehead atoms. The summed E-state index contributed by atoms with van der Waals surface area (Å²) in [6, 6.07) is 2.74. The summed E-state index contributed by atoms with van der Waals surface area (Å²) in [7, 11) is 0. The van der Waals surface area contributed by atoms with Gasteiger partial charge in [0.2, 0.25) is 5.95 Å². The first kappa shape index (κ1) is 24.3. The van der Waals surface area contributed by atoms with Crippen molar-refractivity contribution in [2.45, 2.75) is 102 Å². The van der Waals surface area contributed by atoms with Crippen molar-refractivity contribution in [1.29, 1.82) is 0 Å². The molecular weight excluding hydrogens is 484 g/mol. The summed E-state index contributed by atoms with van der Waals surface area (Å²) in [5, 5.41) is 14.2. The molecule has 0 radical (unpaired) electrons. The van der Waals surface area contributed by atoms with Gasteiger partial charge in [-0.15, -0.1) is 11.3 Å². The highest BCUT2D eigenvalue weighted by Gasteiger charge is 2.31. The number of fused-ring (bicyclic) bond motifs is 1. The number of pyridine rings is 1. The maximum absolute atomic E-state index is 12.3. The quantitative estimate of drug-likeness (QED) is 0.332. The van der Waals surface area contributed by atoms with Gasteiger partial charge in [0.05, 0.1) is 21.7 Å². The molecule has 3 heterocycles. The molecule has 3 aromatic rings. The van der Waals surface area contributed by atoms with Gasteiger partial charge in [-0.05, 0) is 78.7 Å². The third-order valence-electron chi connectivity index (χ3n) is 7.11. The van der Waals surface area contributed by atoms with Crippen molar-refractivity contribution in [3.63, 3.8) is 0 Å². The lowest BCUT2D eigenvalue weighted by Crippen LogP contribution is -2.42. The summed E-state index contributed by atoms with van der Waals surface area (Å²) < 4.78 is 1.15. The Morgan fingerprint density at radius 2 is 1.70 bits per heavy atom. The first-order valence-corrected chi connectivity index (χ1v) is 14.3. The van der Waals surface area contributed by atoms with Crippen LogP contribution in [-0.4, -0.2) is 49.6 Å². The summed E-state index contributed by atoms with van der Waals surface area (Å²) in [5.41, 5.74) is 3.81. The van der Waals surface area contributed by atoms with Crippen LogP contribution in [0, 0.1) is 6.92 Å². The molecule has 3 saturated carbocycles. The molecule has 2 atom stereocenters. The van der Waals surface area contributed by atoms with Crippen LogP contribution in [0.5, 0.6) is 0 Å². The molecule has 3 aliphatic rings. The van der Waals surface area contributed by atoms with Crippen molar-refractivity contribution in [3.05, 3.63) is 23.7 Å². The van der Waals surface area contributed by atoms with E-state index in [0.29, 0.717) is 17.9 Å². The van der Waals surface area contributed by atoms with E-state index in [1.54, 1.807) is 11.3 Å². The summed E-state index contributed by atoms with van der Waals surface area (Å²) in [6.45, 7) is 8.34. The number of nitrogens with one attached hydrogen (secondary N) is 4. The van der Waals surface area contributed by atoms with E-state index in [9.17, 15) is 4.79 Å². The fourth-order valence-electron chi connectivity index (χ4n) is 5.04. The molecular formula is C27H36N8OS. The summed E-state index contributed by atoms with van der Waals surface area (Å²) in [4.78, 5) is 31.8. The minimum Gasteiger partial charge on any atom is -0.366 e. The molecule has 2 unspecified atom stereocenters. The molecule has 2 amide bonds. The van der Waals surface area contributed by atoms with Crippen molar-refractivity contribution in [2.24, 2.45) is 0 Å². The molecule has 4 N–H and O–H groups in total. The van der Waals surface area contributed by atoms with Crippen molar-refractivity contribution >= 4 is 39.4 Å². The minimum absolute atomic E-state index is 0.0436. The van der Waals surface area contributed by atoms with Gasteiger partial charge in [0.1, 0.15) is 16.3 Å². The third-order valence-corrected chi connectivity index (χ3v) is 8.15. The fraction of sp³-hybridized carbons (Fsp3) is 0.593. The Labute approximate surface area is 221 Å².